The van der Waals surface area contributed by atoms with Gasteiger partial charge in [0.15, 0.2) is 6.79 Å². The van der Waals surface area contributed by atoms with Gasteiger partial charge in [0, 0.05) is 23.3 Å². The SMILES string of the molecule is CC1(CCc2ccc(OC(F)F)cc2)NC(=O)N(Cc2cc([N+](=O)[O-])cc3c2OCOC3)C1=O. The summed E-state index contributed by atoms with van der Waals surface area (Å²) in [6.07, 6.45) is 0.637. The Bertz CT molecular complexity index is 1130. The first-order valence-corrected chi connectivity index (χ1v) is 10.3. The van der Waals surface area contributed by atoms with Gasteiger partial charge >= 0.3 is 12.6 Å². The number of fused-ring (bicyclic) bond motifs is 1. The van der Waals surface area contributed by atoms with Gasteiger partial charge in [0.2, 0.25) is 0 Å². The van der Waals surface area contributed by atoms with Gasteiger partial charge in [-0.3, -0.25) is 19.8 Å². The molecule has 0 saturated carbocycles. The van der Waals surface area contributed by atoms with Crippen LogP contribution < -0.4 is 14.8 Å². The van der Waals surface area contributed by atoms with Gasteiger partial charge in [-0.25, -0.2) is 4.79 Å². The highest BCUT2D eigenvalue weighted by Crippen LogP contribution is 2.35. The van der Waals surface area contributed by atoms with Crippen LogP contribution >= 0.6 is 0 Å². The minimum Gasteiger partial charge on any atom is -0.467 e. The molecule has 1 unspecified atom stereocenters. The number of amides is 3. The summed E-state index contributed by atoms with van der Waals surface area (Å²) in [7, 11) is 0. The molecule has 4 rings (SSSR count). The van der Waals surface area contributed by atoms with Crippen LogP contribution in [0.5, 0.6) is 11.5 Å². The Morgan fingerprint density at radius 2 is 2.00 bits per heavy atom. The van der Waals surface area contributed by atoms with Crippen molar-refractivity contribution >= 4 is 17.6 Å². The zero-order chi connectivity index (χ0) is 24.5. The van der Waals surface area contributed by atoms with E-state index in [2.05, 4.69) is 10.1 Å². The van der Waals surface area contributed by atoms with E-state index in [9.17, 15) is 28.5 Å². The molecule has 2 aliphatic heterocycles. The number of hydrogen-bond acceptors (Lipinski definition) is 7. The molecule has 180 valence electrons. The van der Waals surface area contributed by atoms with Gasteiger partial charge in [-0.1, -0.05) is 12.1 Å². The Morgan fingerprint density at radius 1 is 1.26 bits per heavy atom. The van der Waals surface area contributed by atoms with Crippen molar-refractivity contribution in [3.05, 3.63) is 63.2 Å². The number of alkyl halides is 2. The zero-order valence-corrected chi connectivity index (χ0v) is 18.1. The molecular weight excluding hydrogens is 456 g/mol. The summed E-state index contributed by atoms with van der Waals surface area (Å²) >= 11 is 0. The average molecular weight is 477 g/mol. The van der Waals surface area contributed by atoms with Gasteiger partial charge in [0.1, 0.15) is 17.0 Å². The molecule has 1 saturated heterocycles. The first-order valence-electron chi connectivity index (χ1n) is 10.3. The number of hydrogen-bond donors (Lipinski definition) is 1. The van der Waals surface area contributed by atoms with Crippen LogP contribution in [0.1, 0.15) is 30.0 Å². The minimum absolute atomic E-state index is 0.0225. The van der Waals surface area contributed by atoms with Gasteiger partial charge in [0.25, 0.3) is 11.6 Å². The molecule has 0 aliphatic carbocycles. The van der Waals surface area contributed by atoms with Crippen molar-refractivity contribution in [1.29, 1.82) is 0 Å². The number of benzene rings is 2. The van der Waals surface area contributed by atoms with Crippen molar-refractivity contribution < 1.29 is 37.5 Å². The number of rotatable bonds is 8. The molecule has 12 heteroatoms. The lowest BCUT2D eigenvalue weighted by atomic mass is 9.93. The highest BCUT2D eigenvalue weighted by Gasteiger charge is 2.47. The van der Waals surface area contributed by atoms with E-state index < -0.39 is 29.0 Å². The molecule has 0 radical (unpaired) electrons. The van der Waals surface area contributed by atoms with E-state index in [1.807, 2.05) is 0 Å². The molecule has 1 fully saturated rings. The van der Waals surface area contributed by atoms with Crippen molar-refractivity contribution in [2.24, 2.45) is 0 Å². The zero-order valence-electron chi connectivity index (χ0n) is 18.1. The maximum atomic E-state index is 13.2. The van der Waals surface area contributed by atoms with E-state index >= 15 is 0 Å². The Morgan fingerprint density at radius 3 is 2.68 bits per heavy atom. The molecule has 10 nitrogen and oxygen atoms in total. The Balaban J connectivity index is 1.48. The topological polar surface area (TPSA) is 120 Å². The van der Waals surface area contributed by atoms with Crippen molar-refractivity contribution in [2.75, 3.05) is 6.79 Å². The summed E-state index contributed by atoms with van der Waals surface area (Å²) in [6, 6.07) is 8.01. The van der Waals surface area contributed by atoms with E-state index in [1.54, 1.807) is 19.1 Å². The number of carbonyl (C=O) groups excluding carboxylic acids is 2. The number of aryl methyl sites for hydroxylation is 1. The Hall–Kier alpha value is -3.80. The van der Waals surface area contributed by atoms with Crippen LogP contribution in [0.25, 0.3) is 0 Å². The number of imide groups is 1. The number of ether oxygens (including phenoxy) is 3. The number of nitro groups is 1. The fourth-order valence-corrected chi connectivity index (χ4v) is 3.97. The lowest BCUT2D eigenvalue weighted by Crippen LogP contribution is -2.44. The van der Waals surface area contributed by atoms with Crippen LogP contribution in [0.15, 0.2) is 36.4 Å². The summed E-state index contributed by atoms with van der Waals surface area (Å²) in [5.41, 5.74) is 0.154. The molecule has 2 aliphatic rings. The van der Waals surface area contributed by atoms with Crippen molar-refractivity contribution in [3.8, 4) is 11.5 Å². The summed E-state index contributed by atoms with van der Waals surface area (Å²) < 4.78 is 39.6. The van der Waals surface area contributed by atoms with Crippen molar-refractivity contribution in [3.63, 3.8) is 0 Å². The van der Waals surface area contributed by atoms with Gasteiger partial charge in [-0.2, -0.15) is 8.78 Å². The number of urea groups is 1. The third-order valence-electron chi connectivity index (χ3n) is 5.72. The van der Waals surface area contributed by atoms with E-state index in [0.717, 1.165) is 10.5 Å². The van der Waals surface area contributed by atoms with E-state index in [0.29, 0.717) is 23.3 Å². The monoisotopic (exact) mass is 477 g/mol. The predicted molar refractivity (Wildman–Crippen MR) is 112 cm³/mol. The van der Waals surface area contributed by atoms with Crippen LogP contribution in [-0.4, -0.2) is 40.7 Å². The van der Waals surface area contributed by atoms with E-state index in [4.69, 9.17) is 9.47 Å². The van der Waals surface area contributed by atoms with E-state index in [-0.39, 0.29) is 37.8 Å². The quantitative estimate of drug-likeness (QED) is 0.351. The third kappa shape index (κ3) is 4.76. The Kier molecular flexibility index (Phi) is 6.33. The number of non-ortho nitro benzene ring substituents is 1. The Labute approximate surface area is 192 Å². The van der Waals surface area contributed by atoms with Gasteiger partial charge < -0.3 is 19.5 Å². The van der Waals surface area contributed by atoms with Crippen LogP contribution in [0, 0.1) is 10.1 Å². The molecule has 34 heavy (non-hydrogen) atoms. The molecule has 2 aromatic carbocycles. The average Bonchev–Trinajstić information content (AvgIpc) is 3.01. The molecule has 3 amide bonds. The highest BCUT2D eigenvalue weighted by molar-refractivity contribution is 6.06. The standard InChI is InChI=1S/C22H21F2N3O7/c1-22(7-6-13-2-4-17(5-3-13)34-20(23)24)19(28)26(21(29)25-22)10-14-8-16(27(30)31)9-15-11-32-12-33-18(14)15/h2-5,8-9,20H,6-7,10-12H2,1H3,(H,25,29). The maximum absolute atomic E-state index is 13.2. The first-order chi connectivity index (χ1) is 16.2. The largest absolute Gasteiger partial charge is 0.467 e. The molecule has 0 aromatic heterocycles. The molecule has 1 N–H and O–H groups in total. The normalized spacial score (nSPS) is 19.6. The van der Waals surface area contributed by atoms with Crippen LogP contribution in [0.3, 0.4) is 0 Å². The van der Waals surface area contributed by atoms with Crippen LogP contribution in [-0.2, 0) is 29.1 Å². The van der Waals surface area contributed by atoms with Gasteiger partial charge in [-0.15, -0.1) is 0 Å². The van der Waals surface area contributed by atoms with Crippen molar-refractivity contribution in [2.45, 2.75) is 45.1 Å². The molecule has 0 spiro atoms. The predicted octanol–water partition coefficient (Wildman–Crippen LogP) is 3.51. The lowest BCUT2D eigenvalue weighted by Gasteiger charge is -2.24. The fraction of sp³-hybridized carbons (Fsp3) is 0.364. The van der Waals surface area contributed by atoms with E-state index in [1.165, 1.54) is 24.3 Å². The number of halogens is 2. The number of carbonyl (C=O) groups is 2. The second-order valence-electron chi connectivity index (χ2n) is 8.14. The van der Waals surface area contributed by atoms with Crippen LogP contribution in [0.4, 0.5) is 19.3 Å². The summed E-state index contributed by atoms with van der Waals surface area (Å²) in [4.78, 5) is 37.6. The molecular formula is C22H21F2N3O7. The number of nitrogens with zero attached hydrogens (tertiary/aromatic N) is 2. The smallest absolute Gasteiger partial charge is 0.387 e. The molecule has 2 heterocycles. The summed E-state index contributed by atoms with van der Waals surface area (Å²) in [5.74, 6) is -0.103. The fourth-order valence-electron chi connectivity index (χ4n) is 3.97. The summed E-state index contributed by atoms with van der Waals surface area (Å²) in [5, 5.41) is 14.0. The third-order valence-corrected chi connectivity index (χ3v) is 5.72. The first kappa shape index (κ1) is 23.4. The van der Waals surface area contributed by atoms with Crippen molar-refractivity contribution in [1.82, 2.24) is 10.2 Å². The molecule has 1 atom stereocenters. The minimum atomic E-state index is -2.92. The van der Waals surface area contributed by atoms with Crippen LogP contribution in [0.2, 0.25) is 0 Å². The maximum Gasteiger partial charge on any atom is 0.387 e. The van der Waals surface area contributed by atoms with Gasteiger partial charge in [0.05, 0.1) is 18.1 Å². The summed E-state index contributed by atoms with van der Waals surface area (Å²) in [6.45, 7) is -1.46. The molecule has 0 bridgehead atoms. The number of nitrogens with one attached hydrogen (secondary N) is 1. The number of nitro benzene ring substituents is 1. The second kappa shape index (κ2) is 9.21. The second-order valence-corrected chi connectivity index (χ2v) is 8.14. The highest BCUT2D eigenvalue weighted by atomic mass is 19.3. The lowest BCUT2D eigenvalue weighted by molar-refractivity contribution is -0.385. The molecule has 2 aromatic rings. The van der Waals surface area contributed by atoms with Gasteiger partial charge in [-0.05, 0) is 37.5 Å².